The molecule has 1 amide bonds. The van der Waals surface area contributed by atoms with Crippen LogP contribution in [0.4, 0.5) is 13.2 Å². The van der Waals surface area contributed by atoms with E-state index in [1.54, 1.807) is 198 Å². The molecule has 4 N–H and O–H groups in total. The maximum absolute atomic E-state index is 12.7. The van der Waals surface area contributed by atoms with Crippen molar-refractivity contribution in [3.8, 4) is 0 Å². The predicted octanol–water partition coefficient (Wildman–Crippen LogP) is 16.4. The maximum atomic E-state index is 12.7. The Morgan fingerprint density at radius 2 is 0.963 bits per heavy atom. The zero-order valence-corrected chi connectivity index (χ0v) is 53.3. The number of ketones is 1. The number of alkyl halides is 3. The van der Waals surface area contributed by atoms with Crippen molar-refractivity contribution in [3.63, 3.8) is 0 Å². The second kappa shape index (κ2) is 38.5. The predicted molar refractivity (Wildman–Crippen MR) is 323 cm³/mol. The number of rotatable bonds is 14. The summed E-state index contributed by atoms with van der Waals surface area (Å²) < 4.78 is 33.7. The van der Waals surface area contributed by atoms with Crippen LogP contribution < -0.4 is 5.32 Å². The van der Waals surface area contributed by atoms with E-state index in [1.165, 1.54) is 34.0 Å². The monoisotopic (exact) mass is 1290 g/mol. The van der Waals surface area contributed by atoms with E-state index in [4.69, 9.17) is 34.4 Å². The fourth-order valence-corrected chi connectivity index (χ4v) is 27.3. The summed E-state index contributed by atoms with van der Waals surface area (Å²) >= 11 is -1.61. The molecule has 10 nitrogen and oxygen atoms in total. The van der Waals surface area contributed by atoms with Crippen LogP contribution in [0.5, 0.6) is 0 Å². The molecular formula is C62H101Cl2F3N2O8P2Ru+2. The van der Waals surface area contributed by atoms with Gasteiger partial charge in [0, 0.05) is 34.7 Å². The third kappa shape index (κ3) is 25.2. The van der Waals surface area contributed by atoms with Crippen molar-refractivity contribution in [2.45, 2.75) is 296 Å². The van der Waals surface area contributed by atoms with Gasteiger partial charge in [-0.2, -0.15) is 13.2 Å². The van der Waals surface area contributed by atoms with Crippen molar-refractivity contribution in [2.75, 3.05) is 13.1 Å². The summed E-state index contributed by atoms with van der Waals surface area (Å²) in [7, 11) is 11.2. The minimum absolute atomic E-state index is 0.0450. The van der Waals surface area contributed by atoms with Gasteiger partial charge in [-0.3, -0.25) is 19.2 Å². The van der Waals surface area contributed by atoms with E-state index >= 15 is 0 Å². The second-order valence-corrected chi connectivity index (χ2v) is 37.0. The van der Waals surface area contributed by atoms with Crippen LogP contribution in [0.1, 0.15) is 250 Å². The van der Waals surface area contributed by atoms with Crippen molar-refractivity contribution in [1.82, 2.24) is 10.2 Å². The average molecular weight is 1290 g/mol. The number of Topliss-reactive ketones (excluding diaryl/α,β-unsaturated/α-hetero) is 1. The number of carbonyl (C=O) groups excluding carboxylic acids is 2. The number of fused-ring (bicyclic) bond motifs is 1. The van der Waals surface area contributed by atoms with Crippen molar-refractivity contribution in [2.24, 2.45) is 5.92 Å². The van der Waals surface area contributed by atoms with Gasteiger partial charge in [-0.1, -0.05) is 44.9 Å². The van der Waals surface area contributed by atoms with Gasteiger partial charge in [0.05, 0.1) is 52.5 Å². The number of halogens is 5. The summed E-state index contributed by atoms with van der Waals surface area (Å²) in [5.74, 6) is -6.41. The van der Waals surface area contributed by atoms with Crippen LogP contribution in [-0.2, 0) is 37.5 Å². The molecular weight excluding hydrogens is 1190 g/mol. The Kier molecular flexibility index (Phi) is 33.3. The molecule has 1 aromatic rings. The molecule has 9 rings (SSSR count). The Balaban J connectivity index is 0.000000194. The number of carboxylic acids is 3. The Morgan fingerprint density at radius 1 is 0.588 bits per heavy atom. The van der Waals surface area contributed by atoms with Gasteiger partial charge in [0.25, 0.3) is 0 Å². The molecule has 0 spiro atoms. The van der Waals surface area contributed by atoms with Crippen molar-refractivity contribution >= 4 is 69.4 Å². The van der Waals surface area contributed by atoms with E-state index in [0.717, 1.165) is 37.8 Å². The van der Waals surface area contributed by atoms with Crippen LogP contribution in [-0.4, -0.2) is 120 Å². The van der Waals surface area contributed by atoms with E-state index in [1.807, 2.05) is 34.9 Å². The summed E-state index contributed by atoms with van der Waals surface area (Å²) in [5, 5.41) is 28.2. The van der Waals surface area contributed by atoms with Crippen LogP contribution in [0.2, 0.25) is 0 Å². The standard InChI is InChI=1S/2C18H33P.C17H26N2O6.C7H6.C2HF3O2.2ClH.Ru/c2*1-4-10-16(11-5-1)19(17-12-6-2-7-13-17)18-14-8-3-9-15-18;20-14(9-11(17(24)25)4-7-16(22)23)13-6-5-12-3-1-2-8-18-10-15(21)19(12)13;1-7-5-3-2-4-6-7;3-2(4,5)1(6)7;;;/h2*16-18H,1-15H2;11-13,18H,1-10H2,(H,22,23)(H,24,25);1-6H;(H,6,7);2*1H;/q;;;;;;;+2/t;;11-,12-,13+;;;;;/m..1...../s1. The number of amides is 1. The molecule has 0 unspecified atom stereocenters. The summed E-state index contributed by atoms with van der Waals surface area (Å²) in [6.07, 6.45) is 46.1. The number of nitrogens with one attached hydrogen (secondary N) is 1. The minimum atomic E-state index is -5.08. The van der Waals surface area contributed by atoms with Crippen molar-refractivity contribution in [3.05, 3.63) is 35.9 Å². The molecule has 80 heavy (non-hydrogen) atoms. The number of hydrogen-bond donors (Lipinski definition) is 4. The molecule has 6 aliphatic carbocycles. The number of hydrogen-bond acceptors (Lipinski definition) is 6. The van der Waals surface area contributed by atoms with E-state index in [2.05, 4.69) is 5.32 Å². The van der Waals surface area contributed by atoms with E-state index in [9.17, 15) is 37.5 Å². The molecule has 6 saturated carbocycles. The number of benzene rings is 1. The Labute approximate surface area is 493 Å². The summed E-state index contributed by atoms with van der Waals surface area (Å²) in [4.78, 5) is 57.7. The van der Waals surface area contributed by atoms with Crippen molar-refractivity contribution < 1.29 is 66.0 Å². The number of carbonyl (C=O) groups is 5. The van der Waals surface area contributed by atoms with Gasteiger partial charge in [-0.05, 0) is 193 Å². The SMILES string of the molecule is C1CCC([PH+](C2CCCCC2)C2CCCCC2)CC1.C1CCC([PH+](C2CCCCC2)C2CCCCC2)CC1.O=C(O)C(F)(F)F.O=C(O)CC[C@H](CC(=O)[C@@H]1CC[C@H]2CCCCNCC(=O)N21)C(=O)O.[Cl][Ru]([Cl])=[CH]c1ccccc1. The molecule has 2 aliphatic heterocycles. The molecule has 0 bridgehead atoms. The molecule has 2 saturated heterocycles. The van der Waals surface area contributed by atoms with Crippen LogP contribution in [0.3, 0.4) is 0 Å². The Bertz CT molecular complexity index is 1850. The molecule has 2 heterocycles. The number of nitrogens with zero attached hydrogens (tertiary/aromatic N) is 1. The summed E-state index contributed by atoms with van der Waals surface area (Å²) in [5.41, 5.74) is 8.48. The third-order valence-electron chi connectivity index (χ3n) is 18.8. The van der Waals surface area contributed by atoms with Crippen LogP contribution in [0, 0.1) is 5.92 Å². The molecule has 458 valence electrons. The van der Waals surface area contributed by atoms with Crippen molar-refractivity contribution in [1.29, 1.82) is 0 Å². The van der Waals surface area contributed by atoms with Gasteiger partial charge in [0.15, 0.2) is 5.78 Å². The number of aliphatic carboxylic acids is 3. The van der Waals surface area contributed by atoms with Gasteiger partial charge < -0.3 is 25.5 Å². The number of carboxylic acid groups (broad SMARTS) is 3. The molecule has 8 aliphatic rings. The van der Waals surface area contributed by atoms with E-state index < -0.39 is 49.6 Å². The molecule has 0 aromatic heterocycles. The molecule has 18 heteroatoms. The van der Waals surface area contributed by atoms with Crippen LogP contribution >= 0.6 is 35.2 Å². The van der Waals surface area contributed by atoms with Gasteiger partial charge >= 0.3 is 97.5 Å². The first-order valence-corrected chi connectivity index (χ1v) is 40.4. The molecule has 8 fully saturated rings. The van der Waals surface area contributed by atoms with E-state index in [-0.39, 0.29) is 59.4 Å². The first kappa shape index (κ1) is 69.2. The zero-order valence-electron chi connectivity index (χ0n) is 48.0. The fourth-order valence-electron chi connectivity index (χ4n) is 15.0. The fraction of sp³-hybridized carbons (Fsp3) is 0.806. The second-order valence-electron chi connectivity index (χ2n) is 24.4. The topological polar surface area (TPSA) is 161 Å². The van der Waals surface area contributed by atoms with E-state index in [0.29, 0.717) is 6.42 Å². The average Bonchev–Trinajstić information content (AvgIpc) is 3.93. The summed E-state index contributed by atoms with van der Waals surface area (Å²) in [6.45, 7) is 0.975. The van der Waals surface area contributed by atoms with Crippen LogP contribution in [0.15, 0.2) is 30.3 Å². The Morgan fingerprint density at radius 3 is 1.30 bits per heavy atom. The third-order valence-corrected chi connectivity index (χ3v) is 29.8. The molecule has 1 aromatic carbocycles. The molecule has 3 atom stereocenters. The van der Waals surface area contributed by atoms with Gasteiger partial charge in [0.1, 0.15) is 0 Å². The first-order chi connectivity index (χ1) is 38.5. The van der Waals surface area contributed by atoms with Gasteiger partial charge in [-0.15, -0.1) is 0 Å². The zero-order chi connectivity index (χ0) is 57.7. The first-order valence-electron chi connectivity index (χ1n) is 31.4. The Hall–Kier alpha value is -1.55. The molecule has 0 radical (unpaired) electrons. The van der Waals surface area contributed by atoms with Gasteiger partial charge in [0.2, 0.25) is 5.91 Å². The van der Waals surface area contributed by atoms with Gasteiger partial charge in [-0.25, -0.2) is 4.79 Å². The quantitative estimate of drug-likeness (QED) is 0.105. The summed E-state index contributed by atoms with van der Waals surface area (Å²) in [6, 6.07) is 9.36. The normalized spacial score (nSPS) is 24.0. The van der Waals surface area contributed by atoms with Crippen LogP contribution in [0.25, 0.3) is 0 Å².